The van der Waals surface area contributed by atoms with Gasteiger partial charge in [-0.25, -0.2) is 0 Å². The number of hydrogen-bond acceptors (Lipinski definition) is 4. The molecule has 0 aliphatic carbocycles. The van der Waals surface area contributed by atoms with Gasteiger partial charge in [-0.05, 0) is 37.6 Å². The fraction of sp³-hybridized carbons (Fsp3) is 0.200. The van der Waals surface area contributed by atoms with Crippen molar-refractivity contribution in [3.8, 4) is 0 Å². The first-order valence-corrected chi connectivity index (χ1v) is 8.34. The van der Waals surface area contributed by atoms with Gasteiger partial charge in [0.2, 0.25) is 11.8 Å². The number of piperidine rings is 1. The highest BCUT2D eigenvalue weighted by atomic mass is 16.2. The molecule has 1 N–H and O–H groups in total. The van der Waals surface area contributed by atoms with Crippen LogP contribution in [0, 0.1) is 6.92 Å². The first-order valence-electron chi connectivity index (χ1n) is 8.34. The minimum absolute atomic E-state index is 0.229. The molecule has 6 nitrogen and oxygen atoms in total. The Hall–Kier alpha value is -3.28. The van der Waals surface area contributed by atoms with Crippen LogP contribution in [0.15, 0.2) is 48.5 Å². The van der Waals surface area contributed by atoms with Crippen LogP contribution in [-0.4, -0.2) is 23.5 Å². The molecule has 0 atom stereocenters. The summed E-state index contributed by atoms with van der Waals surface area (Å²) < 4.78 is 0. The molecule has 0 spiro atoms. The Morgan fingerprint density at radius 1 is 0.885 bits per heavy atom. The van der Waals surface area contributed by atoms with Crippen molar-refractivity contribution in [1.82, 2.24) is 0 Å². The standard InChI is InChI=1S/C20H18N2O4/c1-13-5-7-14(8-6-13)19(25)20(26)21-15-9-11-16(12-10-15)22-17(23)3-2-4-18(22)24/h5-12H,2-4H2,1H3,(H,21,26). The number of carbonyl (C=O) groups is 4. The van der Waals surface area contributed by atoms with E-state index in [2.05, 4.69) is 5.32 Å². The normalized spacial score (nSPS) is 14.3. The van der Waals surface area contributed by atoms with Gasteiger partial charge in [0.1, 0.15) is 0 Å². The van der Waals surface area contributed by atoms with Crippen LogP contribution in [0.2, 0.25) is 0 Å². The zero-order valence-electron chi connectivity index (χ0n) is 14.3. The Bertz CT molecular complexity index is 854. The third-order valence-electron chi connectivity index (χ3n) is 4.18. The molecule has 3 rings (SSSR count). The largest absolute Gasteiger partial charge is 0.319 e. The predicted octanol–water partition coefficient (Wildman–Crippen LogP) is 2.86. The molecular formula is C20H18N2O4. The van der Waals surface area contributed by atoms with E-state index in [1.807, 2.05) is 6.92 Å². The summed E-state index contributed by atoms with van der Waals surface area (Å²) in [6, 6.07) is 13.0. The lowest BCUT2D eigenvalue weighted by Crippen LogP contribution is -2.40. The van der Waals surface area contributed by atoms with Crippen LogP contribution in [0.1, 0.15) is 35.2 Å². The van der Waals surface area contributed by atoms with Crippen molar-refractivity contribution in [1.29, 1.82) is 0 Å². The highest BCUT2D eigenvalue weighted by Crippen LogP contribution is 2.23. The summed E-state index contributed by atoms with van der Waals surface area (Å²) in [6.45, 7) is 1.90. The van der Waals surface area contributed by atoms with Gasteiger partial charge >= 0.3 is 0 Å². The van der Waals surface area contributed by atoms with Gasteiger partial charge in [-0.2, -0.15) is 0 Å². The van der Waals surface area contributed by atoms with Crippen LogP contribution in [0.25, 0.3) is 0 Å². The third kappa shape index (κ3) is 3.69. The van der Waals surface area contributed by atoms with Gasteiger partial charge in [0, 0.05) is 24.1 Å². The van der Waals surface area contributed by atoms with Crippen molar-refractivity contribution in [2.75, 3.05) is 10.2 Å². The lowest BCUT2D eigenvalue weighted by molar-refractivity contribution is -0.129. The molecule has 0 radical (unpaired) electrons. The minimum Gasteiger partial charge on any atom is -0.319 e. The number of anilines is 2. The summed E-state index contributed by atoms with van der Waals surface area (Å²) in [7, 11) is 0. The summed E-state index contributed by atoms with van der Waals surface area (Å²) in [5.41, 5.74) is 2.19. The van der Waals surface area contributed by atoms with Crippen molar-refractivity contribution < 1.29 is 19.2 Å². The first-order chi connectivity index (χ1) is 12.5. The smallest absolute Gasteiger partial charge is 0.296 e. The maximum atomic E-state index is 12.2. The molecule has 1 fully saturated rings. The summed E-state index contributed by atoms with van der Waals surface area (Å²) in [5, 5.41) is 2.53. The second-order valence-corrected chi connectivity index (χ2v) is 6.17. The number of carbonyl (C=O) groups excluding carboxylic acids is 4. The summed E-state index contributed by atoms with van der Waals surface area (Å²) in [4.78, 5) is 49.3. The van der Waals surface area contributed by atoms with Crippen molar-refractivity contribution in [3.05, 3.63) is 59.7 Å². The van der Waals surface area contributed by atoms with Gasteiger partial charge in [-0.3, -0.25) is 24.1 Å². The van der Waals surface area contributed by atoms with Gasteiger partial charge in [-0.1, -0.05) is 29.8 Å². The second kappa shape index (κ2) is 7.31. The number of benzene rings is 2. The minimum atomic E-state index is -0.744. The molecule has 2 aromatic carbocycles. The number of amides is 3. The Kier molecular flexibility index (Phi) is 4.93. The topological polar surface area (TPSA) is 83.6 Å². The van der Waals surface area contributed by atoms with E-state index in [9.17, 15) is 19.2 Å². The van der Waals surface area contributed by atoms with E-state index in [1.54, 1.807) is 48.5 Å². The molecule has 0 bridgehead atoms. The van der Waals surface area contributed by atoms with E-state index in [-0.39, 0.29) is 11.8 Å². The molecule has 3 amide bonds. The van der Waals surface area contributed by atoms with E-state index < -0.39 is 11.7 Å². The van der Waals surface area contributed by atoms with E-state index in [0.29, 0.717) is 36.2 Å². The van der Waals surface area contributed by atoms with Crippen LogP contribution in [0.5, 0.6) is 0 Å². The fourth-order valence-corrected chi connectivity index (χ4v) is 2.76. The molecule has 0 saturated carbocycles. The second-order valence-electron chi connectivity index (χ2n) is 6.17. The number of hydrogen-bond donors (Lipinski definition) is 1. The van der Waals surface area contributed by atoms with Gasteiger partial charge in [0.25, 0.3) is 11.7 Å². The molecule has 26 heavy (non-hydrogen) atoms. The van der Waals surface area contributed by atoms with Gasteiger partial charge in [-0.15, -0.1) is 0 Å². The van der Waals surface area contributed by atoms with Crippen LogP contribution in [0.4, 0.5) is 11.4 Å². The van der Waals surface area contributed by atoms with Crippen molar-refractivity contribution in [2.24, 2.45) is 0 Å². The highest BCUT2D eigenvalue weighted by Gasteiger charge is 2.27. The molecule has 1 saturated heterocycles. The molecule has 2 aromatic rings. The van der Waals surface area contributed by atoms with Gasteiger partial charge < -0.3 is 5.32 Å². The van der Waals surface area contributed by atoms with E-state index >= 15 is 0 Å². The van der Waals surface area contributed by atoms with Crippen molar-refractivity contribution >= 4 is 34.9 Å². The van der Waals surface area contributed by atoms with Crippen molar-refractivity contribution in [2.45, 2.75) is 26.2 Å². The first kappa shape index (κ1) is 17.5. The fourth-order valence-electron chi connectivity index (χ4n) is 2.76. The molecule has 0 aromatic heterocycles. The van der Waals surface area contributed by atoms with E-state index in [0.717, 1.165) is 10.5 Å². The Labute approximate surface area is 150 Å². The maximum absolute atomic E-state index is 12.2. The lowest BCUT2D eigenvalue weighted by Gasteiger charge is -2.24. The summed E-state index contributed by atoms with van der Waals surface area (Å²) in [6.07, 6.45) is 1.26. The molecule has 1 aliphatic heterocycles. The van der Waals surface area contributed by atoms with Crippen LogP contribution in [0.3, 0.4) is 0 Å². The maximum Gasteiger partial charge on any atom is 0.296 e. The van der Waals surface area contributed by atoms with E-state index in [4.69, 9.17) is 0 Å². The molecular weight excluding hydrogens is 332 g/mol. The number of aryl methyl sites for hydroxylation is 1. The lowest BCUT2D eigenvalue weighted by atomic mass is 10.1. The van der Waals surface area contributed by atoms with Gasteiger partial charge in [0.05, 0.1) is 5.69 Å². The number of ketones is 1. The van der Waals surface area contributed by atoms with Crippen LogP contribution in [-0.2, 0) is 14.4 Å². The SMILES string of the molecule is Cc1ccc(C(=O)C(=O)Nc2ccc(N3C(=O)CCCC3=O)cc2)cc1. The average molecular weight is 350 g/mol. The quantitative estimate of drug-likeness (QED) is 0.522. The molecule has 6 heteroatoms. The number of rotatable bonds is 4. The predicted molar refractivity (Wildman–Crippen MR) is 96.9 cm³/mol. The zero-order valence-corrected chi connectivity index (χ0v) is 14.3. The highest BCUT2D eigenvalue weighted by molar-refractivity contribution is 6.46. The Morgan fingerprint density at radius 2 is 1.46 bits per heavy atom. The molecule has 1 heterocycles. The molecule has 132 valence electrons. The Morgan fingerprint density at radius 3 is 2.04 bits per heavy atom. The molecule has 0 unspecified atom stereocenters. The molecule has 1 aliphatic rings. The zero-order chi connectivity index (χ0) is 18.7. The third-order valence-corrected chi connectivity index (χ3v) is 4.18. The van der Waals surface area contributed by atoms with Crippen molar-refractivity contribution in [3.63, 3.8) is 0 Å². The number of nitrogens with zero attached hydrogens (tertiary/aromatic N) is 1. The van der Waals surface area contributed by atoms with E-state index in [1.165, 1.54) is 0 Å². The van der Waals surface area contributed by atoms with Gasteiger partial charge in [0.15, 0.2) is 0 Å². The Balaban J connectivity index is 1.70. The average Bonchev–Trinajstić information content (AvgIpc) is 2.63. The number of nitrogens with one attached hydrogen (secondary N) is 1. The van der Waals surface area contributed by atoms with Crippen LogP contribution < -0.4 is 10.2 Å². The summed E-state index contributed by atoms with van der Waals surface area (Å²) >= 11 is 0. The number of Topliss-reactive ketones (excluding diaryl/α,β-unsaturated/α-hetero) is 1. The number of imide groups is 1. The summed E-state index contributed by atoms with van der Waals surface area (Å²) in [5.74, 6) is -1.83. The monoisotopic (exact) mass is 350 g/mol. The van der Waals surface area contributed by atoms with Crippen LogP contribution >= 0.6 is 0 Å².